The quantitative estimate of drug-likeness (QED) is 0.294. The van der Waals surface area contributed by atoms with E-state index in [4.69, 9.17) is 28.6 Å². The maximum absolute atomic E-state index is 12.1. The number of hydrogen-bond donors (Lipinski definition) is 2. The van der Waals surface area contributed by atoms with Crippen LogP contribution in [0.1, 0.15) is 11.1 Å². The molecular weight excluding hydrogens is 440 g/mol. The number of ether oxygens (including phenoxy) is 1. The largest absolute Gasteiger partial charge is 0.379 e. The lowest BCUT2D eigenvalue weighted by molar-refractivity contribution is -0.384. The monoisotopic (exact) mass is 460 g/mol. The summed E-state index contributed by atoms with van der Waals surface area (Å²) in [6, 6.07) is 12.1. The van der Waals surface area contributed by atoms with Crippen LogP contribution in [-0.2, 0) is 16.1 Å². The number of hydrogen-bond acceptors (Lipinski definition) is 6. The Morgan fingerprint density at radius 3 is 2.61 bits per heavy atom. The van der Waals surface area contributed by atoms with E-state index < -0.39 is 10.8 Å². The zero-order valence-corrected chi connectivity index (χ0v) is 18.1. The van der Waals surface area contributed by atoms with E-state index in [1.165, 1.54) is 29.8 Å². The molecule has 2 N–H and O–H groups in total. The Hall–Kier alpha value is -2.85. The Bertz CT molecular complexity index is 991. The van der Waals surface area contributed by atoms with E-state index in [1.54, 1.807) is 6.07 Å². The number of amides is 1. The van der Waals surface area contributed by atoms with Gasteiger partial charge in [0.2, 0.25) is 5.91 Å². The lowest BCUT2D eigenvalue weighted by Gasteiger charge is -2.26. The van der Waals surface area contributed by atoms with Crippen molar-refractivity contribution < 1.29 is 14.5 Å². The van der Waals surface area contributed by atoms with E-state index >= 15 is 0 Å². The summed E-state index contributed by atoms with van der Waals surface area (Å²) in [5.74, 6) is -0.459. The highest BCUT2D eigenvalue weighted by Gasteiger charge is 2.12. The number of carbonyl (C=O) groups is 1. The second kappa shape index (κ2) is 11.0. The van der Waals surface area contributed by atoms with Gasteiger partial charge in [0.25, 0.3) is 5.69 Å². The number of nitrogens with zero attached hydrogens (tertiary/aromatic N) is 2. The second-order valence-electron chi connectivity index (χ2n) is 6.83. The highest BCUT2D eigenvalue weighted by atomic mass is 35.5. The van der Waals surface area contributed by atoms with Crippen LogP contribution in [0.4, 0.5) is 11.4 Å². The number of benzene rings is 2. The number of rotatable bonds is 6. The lowest BCUT2D eigenvalue weighted by Crippen LogP contribution is -2.35. The molecular formula is C21H21ClN4O4S. The van der Waals surface area contributed by atoms with Crippen molar-refractivity contribution in [1.82, 2.24) is 10.2 Å². The molecule has 1 heterocycles. The van der Waals surface area contributed by atoms with Gasteiger partial charge in [0.1, 0.15) is 5.02 Å². The Kier molecular flexibility index (Phi) is 8.07. The summed E-state index contributed by atoms with van der Waals surface area (Å²) in [5, 5.41) is 16.6. The van der Waals surface area contributed by atoms with Crippen molar-refractivity contribution in [3.63, 3.8) is 0 Å². The highest BCUT2D eigenvalue weighted by molar-refractivity contribution is 7.80. The molecule has 2 aromatic carbocycles. The molecule has 3 rings (SSSR count). The van der Waals surface area contributed by atoms with Gasteiger partial charge < -0.3 is 10.1 Å². The molecule has 0 bridgehead atoms. The first-order valence-corrected chi connectivity index (χ1v) is 10.3. The lowest BCUT2D eigenvalue weighted by atomic mass is 10.2. The molecule has 8 nitrogen and oxygen atoms in total. The molecule has 1 aliphatic heterocycles. The minimum atomic E-state index is -0.578. The van der Waals surface area contributed by atoms with Crippen molar-refractivity contribution in [2.75, 3.05) is 31.6 Å². The molecule has 0 aliphatic carbocycles. The van der Waals surface area contributed by atoms with Crippen molar-refractivity contribution in [2.45, 2.75) is 6.54 Å². The van der Waals surface area contributed by atoms with Gasteiger partial charge in [-0.05, 0) is 47.6 Å². The second-order valence-corrected chi connectivity index (χ2v) is 7.65. The molecule has 162 valence electrons. The van der Waals surface area contributed by atoms with Crippen molar-refractivity contribution >= 4 is 52.3 Å². The Morgan fingerprint density at radius 2 is 1.94 bits per heavy atom. The topological polar surface area (TPSA) is 96.7 Å². The number of nitro benzene ring substituents is 1. The summed E-state index contributed by atoms with van der Waals surface area (Å²) in [4.78, 5) is 24.8. The van der Waals surface area contributed by atoms with Gasteiger partial charge in [0.05, 0.1) is 18.1 Å². The molecule has 1 amide bonds. The van der Waals surface area contributed by atoms with E-state index in [0.717, 1.165) is 38.5 Å². The Labute approximate surface area is 190 Å². The number of carbonyl (C=O) groups excluding carboxylic acids is 1. The SMILES string of the molecule is O=C(C=Cc1ccc(Cl)c([N+](=O)[O-])c1)NC(=S)Nc1ccc(CN2CCOCC2)cc1. The third-order valence-electron chi connectivity index (χ3n) is 4.55. The fourth-order valence-electron chi connectivity index (χ4n) is 2.97. The van der Waals surface area contributed by atoms with Crippen LogP contribution in [0.3, 0.4) is 0 Å². The van der Waals surface area contributed by atoms with Crippen LogP contribution in [0.25, 0.3) is 6.08 Å². The van der Waals surface area contributed by atoms with Crippen LogP contribution in [0.2, 0.25) is 5.02 Å². The van der Waals surface area contributed by atoms with Gasteiger partial charge >= 0.3 is 0 Å². The summed E-state index contributed by atoms with van der Waals surface area (Å²) in [7, 11) is 0. The van der Waals surface area contributed by atoms with Gasteiger partial charge in [0.15, 0.2) is 5.11 Å². The van der Waals surface area contributed by atoms with Gasteiger partial charge in [0, 0.05) is 37.5 Å². The first-order valence-electron chi connectivity index (χ1n) is 9.54. The molecule has 10 heteroatoms. The highest BCUT2D eigenvalue weighted by Crippen LogP contribution is 2.25. The molecule has 0 unspecified atom stereocenters. The average molecular weight is 461 g/mol. The summed E-state index contributed by atoms with van der Waals surface area (Å²) >= 11 is 11.0. The van der Waals surface area contributed by atoms with E-state index in [-0.39, 0.29) is 15.8 Å². The Balaban J connectivity index is 1.49. The zero-order chi connectivity index (χ0) is 22.2. The third kappa shape index (κ3) is 7.11. The maximum atomic E-state index is 12.1. The van der Waals surface area contributed by atoms with Gasteiger partial charge in [-0.2, -0.15) is 0 Å². The molecule has 0 aromatic heterocycles. The van der Waals surface area contributed by atoms with Crippen LogP contribution < -0.4 is 10.6 Å². The molecule has 0 radical (unpaired) electrons. The van der Waals surface area contributed by atoms with Crippen LogP contribution in [-0.4, -0.2) is 47.1 Å². The first kappa shape index (κ1) is 22.8. The molecule has 0 spiro atoms. The normalized spacial score (nSPS) is 14.4. The number of thiocarbonyl (C=S) groups is 1. The molecule has 0 atom stereocenters. The fraction of sp³-hybridized carbons (Fsp3) is 0.238. The number of morpholine rings is 1. The molecule has 1 aliphatic rings. The number of nitro groups is 1. The van der Waals surface area contributed by atoms with E-state index in [0.29, 0.717) is 5.56 Å². The maximum Gasteiger partial charge on any atom is 0.288 e. The minimum Gasteiger partial charge on any atom is -0.379 e. The zero-order valence-electron chi connectivity index (χ0n) is 16.5. The smallest absolute Gasteiger partial charge is 0.288 e. The molecule has 31 heavy (non-hydrogen) atoms. The predicted octanol–water partition coefficient (Wildman–Crippen LogP) is 3.61. The summed E-state index contributed by atoms with van der Waals surface area (Å²) < 4.78 is 5.36. The average Bonchev–Trinajstić information content (AvgIpc) is 2.75. The van der Waals surface area contributed by atoms with Crippen molar-refractivity contribution in [3.05, 3.63) is 74.8 Å². The fourth-order valence-corrected chi connectivity index (χ4v) is 3.38. The van der Waals surface area contributed by atoms with Crippen LogP contribution in [0.15, 0.2) is 48.5 Å². The van der Waals surface area contributed by atoms with Crippen molar-refractivity contribution in [1.29, 1.82) is 0 Å². The van der Waals surface area contributed by atoms with Gasteiger partial charge in [-0.25, -0.2) is 0 Å². The predicted molar refractivity (Wildman–Crippen MR) is 124 cm³/mol. The summed E-state index contributed by atoms with van der Waals surface area (Å²) in [5.41, 5.74) is 2.19. The van der Waals surface area contributed by atoms with Gasteiger partial charge in [-0.3, -0.25) is 25.1 Å². The first-order chi connectivity index (χ1) is 14.9. The standard InChI is InChI=1S/C21H21ClN4O4S/c22-18-7-3-15(13-19(18)26(28)29)4-8-20(27)24-21(31)23-17-5-1-16(2-6-17)14-25-9-11-30-12-10-25/h1-8,13H,9-12,14H2,(H2,23,24,27,31). The number of nitrogens with one attached hydrogen (secondary N) is 2. The Morgan fingerprint density at radius 1 is 1.23 bits per heavy atom. The summed E-state index contributed by atoms with van der Waals surface area (Å²) in [6.45, 7) is 4.23. The van der Waals surface area contributed by atoms with Crippen LogP contribution in [0.5, 0.6) is 0 Å². The third-order valence-corrected chi connectivity index (χ3v) is 5.08. The van der Waals surface area contributed by atoms with Crippen molar-refractivity contribution in [2.24, 2.45) is 0 Å². The van der Waals surface area contributed by atoms with Gasteiger partial charge in [-0.1, -0.05) is 29.8 Å². The number of halogens is 1. The molecule has 1 fully saturated rings. The van der Waals surface area contributed by atoms with Crippen LogP contribution in [0, 0.1) is 10.1 Å². The summed E-state index contributed by atoms with van der Waals surface area (Å²) in [6.07, 6.45) is 2.69. The van der Waals surface area contributed by atoms with Crippen LogP contribution >= 0.6 is 23.8 Å². The van der Waals surface area contributed by atoms with E-state index in [9.17, 15) is 14.9 Å². The number of anilines is 1. The molecule has 1 saturated heterocycles. The van der Waals surface area contributed by atoms with E-state index in [1.807, 2.05) is 24.3 Å². The van der Waals surface area contributed by atoms with Gasteiger partial charge in [-0.15, -0.1) is 0 Å². The molecule has 2 aromatic rings. The van der Waals surface area contributed by atoms with Crippen molar-refractivity contribution in [3.8, 4) is 0 Å². The molecule has 0 saturated carbocycles. The van der Waals surface area contributed by atoms with E-state index in [2.05, 4.69) is 15.5 Å². The minimum absolute atomic E-state index is 0.0351.